The number of amides is 1. The van der Waals surface area contributed by atoms with Crippen LogP contribution in [0.2, 0.25) is 0 Å². The number of carbonyl (C=O) groups is 1. The molecule has 1 aliphatic heterocycles. The molecule has 0 saturated carbocycles. The first-order valence-electron chi connectivity index (χ1n) is 6.30. The number of hydrogen-bond donors (Lipinski definition) is 2. The van der Waals surface area contributed by atoms with E-state index in [1.807, 2.05) is 6.07 Å². The van der Waals surface area contributed by atoms with Gasteiger partial charge in [-0.15, -0.1) is 0 Å². The number of sulfonamides is 1. The second-order valence-corrected chi connectivity index (χ2v) is 6.35. The van der Waals surface area contributed by atoms with Crippen LogP contribution in [0.25, 0.3) is 0 Å². The molecular weight excluding hydrogens is 278 g/mol. The standard InChI is InChI=1S/C13H15N3O3S/c14-9-10-1-4-12(5-2-10)20(18,19)16-11-3-6-13(17)15-8-7-11/h1-2,4-5,11,16H,3,6-8H2,(H,15,17). The first-order valence-corrected chi connectivity index (χ1v) is 7.79. The fraction of sp³-hybridized carbons (Fsp3) is 0.385. The zero-order valence-corrected chi connectivity index (χ0v) is 11.6. The molecule has 1 unspecified atom stereocenters. The Labute approximate surface area is 117 Å². The van der Waals surface area contributed by atoms with Gasteiger partial charge in [0.2, 0.25) is 15.9 Å². The predicted molar refractivity (Wildman–Crippen MR) is 72.1 cm³/mol. The maximum absolute atomic E-state index is 12.2. The Kier molecular flexibility index (Phi) is 4.37. The minimum Gasteiger partial charge on any atom is -0.356 e. The monoisotopic (exact) mass is 293 g/mol. The molecule has 1 heterocycles. The van der Waals surface area contributed by atoms with Crippen molar-refractivity contribution < 1.29 is 13.2 Å². The first-order chi connectivity index (χ1) is 9.51. The molecule has 0 aromatic heterocycles. The Morgan fingerprint density at radius 3 is 2.60 bits per heavy atom. The second kappa shape index (κ2) is 6.03. The number of nitrogens with zero attached hydrogens (tertiary/aromatic N) is 1. The molecule has 1 atom stereocenters. The van der Waals surface area contributed by atoms with Gasteiger partial charge in [-0.2, -0.15) is 5.26 Å². The van der Waals surface area contributed by atoms with Gasteiger partial charge >= 0.3 is 0 Å². The highest BCUT2D eigenvalue weighted by Gasteiger charge is 2.22. The number of nitriles is 1. The summed E-state index contributed by atoms with van der Waals surface area (Å²) in [5.74, 6) is -0.0509. The molecule has 0 radical (unpaired) electrons. The first kappa shape index (κ1) is 14.5. The van der Waals surface area contributed by atoms with Crippen molar-refractivity contribution in [3.05, 3.63) is 29.8 Å². The summed E-state index contributed by atoms with van der Waals surface area (Å²) in [6, 6.07) is 7.42. The summed E-state index contributed by atoms with van der Waals surface area (Å²) in [4.78, 5) is 11.3. The van der Waals surface area contributed by atoms with E-state index in [4.69, 9.17) is 5.26 Å². The van der Waals surface area contributed by atoms with E-state index in [1.54, 1.807) is 0 Å². The lowest BCUT2D eigenvalue weighted by Crippen LogP contribution is -2.35. The molecule has 0 aliphatic carbocycles. The van der Waals surface area contributed by atoms with E-state index in [0.717, 1.165) is 0 Å². The highest BCUT2D eigenvalue weighted by molar-refractivity contribution is 7.89. The predicted octanol–water partition coefficient (Wildman–Crippen LogP) is 0.505. The van der Waals surface area contributed by atoms with E-state index < -0.39 is 10.0 Å². The van der Waals surface area contributed by atoms with Crippen LogP contribution in [0.4, 0.5) is 0 Å². The summed E-state index contributed by atoms with van der Waals surface area (Å²) < 4.78 is 27.0. The van der Waals surface area contributed by atoms with Gasteiger partial charge in [-0.25, -0.2) is 13.1 Å². The molecule has 1 amide bonds. The Morgan fingerprint density at radius 2 is 1.95 bits per heavy atom. The van der Waals surface area contributed by atoms with Gasteiger partial charge in [0, 0.05) is 19.0 Å². The molecule has 20 heavy (non-hydrogen) atoms. The van der Waals surface area contributed by atoms with Crippen LogP contribution < -0.4 is 10.0 Å². The molecule has 1 aromatic rings. The minimum atomic E-state index is -3.62. The number of benzene rings is 1. The van der Waals surface area contributed by atoms with E-state index in [-0.39, 0.29) is 16.8 Å². The smallest absolute Gasteiger partial charge is 0.240 e. The zero-order valence-electron chi connectivity index (χ0n) is 10.8. The molecule has 7 heteroatoms. The molecule has 1 aromatic carbocycles. The molecule has 1 fully saturated rings. The average Bonchev–Trinajstić information content (AvgIpc) is 2.63. The summed E-state index contributed by atoms with van der Waals surface area (Å²) in [6.45, 7) is 0.472. The van der Waals surface area contributed by atoms with Crippen molar-refractivity contribution in [1.29, 1.82) is 5.26 Å². The molecule has 2 rings (SSSR count). The molecule has 1 saturated heterocycles. The van der Waals surface area contributed by atoms with E-state index in [0.29, 0.717) is 31.4 Å². The van der Waals surface area contributed by atoms with Crippen molar-refractivity contribution in [3.8, 4) is 6.07 Å². The highest BCUT2D eigenvalue weighted by atomic mass is 32.2. The molecule has 6 nitrogen and oxygen atoms in total. The fourth-order valence-electron chi connectivity index (χ4n) is 2.04. The summed E-state index contributed by atoms with van der Waals surface area (Å²) in [5, 5.41) is 11.4. The van der Waals surface area contributed by atoms with E-state index in [9.17, 15) is 13.2 Å². The number of carbonyl (C=O) groups excluding carboxylic acids is 1. The lowest BCUT2D eigenvalue weighted by molar-refractivity contribution is -0.120. The Hall–Kier alpha value is -1.91. The van der Waals surface area contributed by atoms with Crippen LogP contribution in [0.3, 0.4) is 0 Å². The van der Waals surface area contributed by atoms with Crippen molar-refractivity contribution in [2.24, 2.45) is 0 Å². The molecule has 106 valence electrons. The van der Waals surface area contributed by atoms with Crippen LogP contribution in [0.5, 0.6) is 0 Å². The topological polar surface area (TPSA) is 99.1 Å². The van der Waals surface area contributed by atoms with Crippen LogP contribution >= 0.6 is 0 Å². The molecular formula is C13H15N3O3S. The van der Waals surface area contributed by atoms with Crippen LogP contribution in [-0.2, 0) is 14.8 Å². The van der Waals surface area contributed by atoms with Crippen molar-refractivity contribution in [3.63, 3.8) is 0 Å². The summed E-state index contributed by atoms with van der Waals surface area (Å²) in [5.41, 5.74) is 0.410. The lowest BCUT2D eigenvalue weighted by Gasteiger charge is -2.15. The van der Waals surface area contributed by atoms with Gasteiger partial charge in [-0.1, -0.05) is 0 Å². The molecule has 0 bridgehead atoms. The van der Waals surface area contributed by atoms with E-state index in [1.165, 1.54) is 24.3 Å². The van der Waals surface area contributed by atoms with Gasteiger partial charge in [0.15, 0.2) is 0 Å². The quantitative estimate of drug-likeness (QED) is 0.848. The fourth-order valence-corrected chi connectivity index (χ4v) is 3.34. The summed E-state index contributed by atoms with van der Waals surface area (Å²) in [7, 11) is -3.62. The maximum Gasteiger partial charge on any atom is 0.240 e. The SMILES string of the molecule is N#Cc1ccc(S(=O)(=O)NC2CCNC(=O)CC2)cc1. The van der Waals surface area contributed by atoms with Gasteiger partial charge in [0.25, 0.3) is 0 Å². The third kappa shape index (κ3) is 3.56. The molecule has 1 aliphatic rings. The lowest BCUT2D eigenvalue weighted by atomic mass is 10.1. The molecule has 0 spiro atoms. The summed E-state index contributed by atoms with van der Waals surface area (Å²) in [6.07, 6.45) is 1.38. The van der Waals surface area contributed by atoms with Crippen LogP contribution in [0.15, 0.2) is 29.2 Å². The third-order valence-corrected chi connectivity index (χ3v) is 4.69. The number of rotatable bonds is 3. The van der Waals surface area contributed by atoms with Crippen LogP contribution in [-0.4, -0.2) is 26.9 Å². The van der Waals surface area contributed by atoms with Crippen molar-refractivity contribution in [2.75, 3.05) is 6.54 Å². The van der Waals surface area contributed by atoms with Crippen molar-refractivity contribution >= 4 is 15.9 Å². The van der Waals surface area contributed by atoms with Gasteiger partial charge < -0.3 is 5.32 Å². The van der Waals surface area contributed by atoms with Gasteiger partial charge in [-0.05, 0) is 37.1 Å². The van der Waals surface area contributed by atoms with Crippen LogP contribution in [0, 0.1) is 11.3 Å². The second-order valence-electron chi connectivity index (χ2n) is 4.63. The largest absolute Gasteiger partial charge is 0.356 e. The van der Waals surface area contributed by atoms with E-state index >= 15 is 0 Å². The zero-order chi connectivity index (χ0) is 14.6. The third-order valence-electron chi connectivity index (χ3n) is 3.15. The number of nitrogens with one attached hydrogen (secondary N) is 2. The van der Waals surface area contributed by atoms with Gasteiger partial charge in [0.1, 0.15) is 0 Å². The normalized spacial score (nSPS) is 19.8. The minimum absolute atomic E-state index is 0.0509. The molecule has 2 N–H and O–H groups in total. The van der Waals surface area contributed by atoms with Crippen LogP contribution in [0.1, 0.15) is 24.8 Å². The van der Waals surface area contributed by atoms with Crippen molar-refractivity contribution in [2.45, 2.75) is 30.2 Å². The van der Waals surface area contributed by atoms with Gasteiger partial charge in [-0.3, -0.25) is 4.79 Å². The van der Waals surface area contributed by atoms with E-state index in [2.05, 4.69) is 10.0 Å². The highest BCUT2D eigenvalue weighted by Crippen LogP contribution is 2.14. The Morgan fingerprint density at radius 1 is 1.25 bits per heavy atom. The number of hydrogen-bond acceptors (Lipinski definition) is 4. The Balaban J connectivity index is 2.10. The maximum atomic E-state index is 12.2. The Bertz CT molecular complexity index is 632. The summed E-state index contributed by atoms with van der Waals surface area (Å²) >= 11 is 0. The van der Waals surface area contributed by atoms with Gasteiger partial charge in [0.05, 0.1) is 16.5 Å². The average molecular weight is 293 g/mol. The van der Waals surface area contributed by atoms with Crippen molar-refractivity contribution in [1.82, 2.24) is 10.0 Å².